The Balaban J connectivity index is 1.55. The quantitative estimate of drug-likeness (QED) is 0.425. The first kappa shape index (κ1) is 24.4. The molecule has 0 spiro atoms. The molecule has 1 aliphatic carbocycles. The zero-order chi connectivity index (χ0) is 25.2. The molecule has 2 aromatic carbocycles. The number of benzene rings is 2. The molecule has 1 heterocycles. The third-order valence-electron chi connectivity index (χ3n) is 6.43. The monoisotopic (exact) mass is 486 g/mol. The molecule has 2 N–H and O–H groups in total. The lowest BCUT2D eigenvalue weighted by molar-refractivity contribution is -0.148. The number of pyridine rings is 1. The van der Waals surface area contributed by atoms with Crippen LogP contribution < -0.4 is 5.32 Å². The number of aromatic nitrogens is 1. The molecule has 1 fully saturated rings. The highest BCUT2D eigenvalue weighted by Gasteiger charge is 2.43. The number of amides is 1. The smallest absolute Gasteiger partial charge is 0.416 e. The molecule has 9 heteroatoms. The van der Waals surface area contributed by atoms with Crippen molar-refractivity contribution in [1.29, 1.82) is 0 Å². The fourth-order valence-corrected chi connectivity index (χ4v) is 4.69. The van der Waals surface area contributed by atoms with E-state index in [1.54, 1.807) is 12.4 Å². The normalized spacial score (nSPS) is 20.3. The molecular weight excluding hydrogens is 464 g/mol. The number of aliphatic carboxylic acids is 1. The maximum Gasteiger partial charge on any atom is 0.416 e. The van der Waals surface area contributed by atoms with Gasteiger partial charge >= 0.3 is 12.1 Å². The molecule has 1 saturated carbocycles. The summed E-state index contributed by atoms with van der Waals surface area (Å²) in [4.78, 5) is 29.2. The van der Waals surface area contributed by atoms with Crippen molar-refractivity contribution in [2.75, 3.05) is 5.32 Å². The number of nitrogens with one attached hydrogen (secondary N) is 1. The summed E-state index contributed by atoms with van der Waals surface area (Å²) in [5.41, 5.74) is 1.07. The maximum absolute atomic E-state index is 14.2. The molecule has 4 rings (SSSR count). The summed E-state index contributed by atoms with van der Waals surface area (Å²) < 4.78 is 52.6. The Morgan fingerprint density at radius 3 is 2.20 bits per heavy atom. The zero-order valence-corrected chi connectivity index (χ0v) is 18.4. The highest BCUT2D eigenvalue weighted by molar-refractivity contribution is 5.95. The Labute approximate surface area is 198 Å². The second-order valence-corrected chi connectivity index (χ2v) is 8.55. The number of carboxylic acid groups (broad SMARTS) is 1. The van der Waals surface area contributed by atoms with E-state index < -0.39 is 52.9 Å². The van der Waals surface area contributed by atoms with Crippen molar-refractivity contribution in [2.24, 2.45) is 11.8 Å². The summed E-state index contributed by atoms with van der Waals surface area (Å²) in [6.07, 6.45) is 0.0389. The SMILES string of the molecule is O=C(O)[C@@H]1[C@@H](c2ccc(-c3ccncc3)cc2)CCC[C@H]1C(=O)Nc1ccc(C(F)(F)F)cc1F. The van der Waals surface area contributed by atoms with Crippen LogP contribution in [-0.4, -0.2) is 22.0 Å². The Morgan fingerprint density at radius 1 is 0.943 bits per heavy atom. The topological polar surface area (TPSA) is 79.3 Å². The number of nitrogens with zero attached hydrogens (tertiary/aromatic N) is 1. The molecule has 1 amide bonds. The van der Waals surface area contributed by atoms with Crippen molar-refractivity contribution in [2.45, 2.75) is 31.4 Å². The molecule has 0 bridgehead atoms. The van der Waals surface area contributed by atoms with Gasteiger partial charge in [-0.05, 0) is 65.8 Å². The van der Waals surface area contributed by atoms with Gasteiger partial charge in [-0.2, -0.15) is 13.2 Å². The predicted octanol–water partition coefficient (Wildman–Crippen LogP) is 6.13. The molecule has 0 aliphatic heterocycles. The molecule has 0 radical (unpaired) electrons. The maximum atomic E-state index is 14.2. The number of carbonyl (C=O) groups is 2. The second-order valence-electron chi connectivity index (χ2n) is 8.55. The van der Waals surface area contributed by atoms with E-state index in [1.165, 1.54) is 0 Å². The predicted molar refractivity (Wildman–Crippen MR) is 121 cm³/mol. The van der Waals surface area contributed by atoms with E-state index in [-0.39, 0.29) is 6.42 Å². The van der Waals surface area contributed by atoms with Gasteiger partial charge in [-0.25, -0.2) is 4.39 Å². The first-order chi connectivity index (χ1) is 16.6. The van der Waals surface area contributed by atoms with Crippen LogP contribution in [0.5, 0.6) is 0 Å². The first-order valence-electron chi connectivity index (χ1n) is 11.1. The number of hydrogen-bond acceptors (Lipinski definition) is 3. The Morgan fingerprint density at radius 2 is 1.60 bits per heavy atom. The zero-order valence-electron chi connectivity index (χ0n) is 18.4. The molecule has 0 saturated heterocycles. The molecule has 182 valence electrons. The van der Waals surface area contributed by atoms with Crippen LogP contribution in [0.3, 0.4) is 0 Å². The fourth-order valence-electron chi connectivity index (χ4n) is 4.69. The third kappa shape index (κ3) is 5.34. The number of rotatable bonds is 5. The van der Waals surface area contributed by atoms with Gasteiger partial charge in [0.05, 0.1) is 23.1 Å². The summed E-state index contributed by atoms with van der Waals surface area (Å²) >= 11 is 0. The Bertz CT molecular complexity index is 1210. The summed E-state index contributed by atoms with van der Waals surface area (Å²) in [7, 11) is 0. The summed E-state index contributed by atoms with van der Waals surface area (Å²) in [5, 5.41) is 12.3. The minimum absolute atomic E-state index is 0.274. The van der Waals surface area contributed by atoms with Gasteiger partial charge in [-0.1, -0.05) is 30.7 Å². The van der Waals surface area contributed by atoms with Crippen molar-refractivity contribution in [3.8, 4) is 11.1 Å². The van der Waals surface area contributed by atoms with Crippen LogP contribution in [0, 0.1) is 17.7 Å². The van der Waals surface area contributed by atoms with Gasteiger partial charge in [0.1, 0.15) is 5.82 Å². The molecule has 1 aromatic heterocycles. The highest BCUT2D eigenvalue weighted by atomic mass is 19.4. The van der Waals surface area contributed by atoms with Crippen LogP contribution in [0.1, 0.15) is 36.3 Å². The van der Waals surface area contributed by atoms with E-state index in [1.807, 2.05) is 36.4 Å². The van der Waals surface area contributed by atoms with Gasteiger partial charge < -0.3 is 10.4 Å². The van der Waals surface area contributed by atoms with Gasteiger partial charge in [0.25, 0.3) is 0 Å². The van der Waals surface area contributed by atoms with Crippen LogP contribution in [0.4, 0.5) is 23.2 Å². The lowest BCUT2D eigenvalue weighted by atomic mass is 9.69. The van der Waals surface area contributed by atoms with Crippen LogP contribution in [0.25, 0.3) is 11.1 Å². The van der Waals surface area contributed by atoms with Crippen LogP contribution in [0.15, 0.2) is 67.0 Å². The first-order valence-corrected chi connectivity index (χ1v) is 11.1. The molecule has 5 nitrogen and oxygen atoms in total. The lowest BCUT2D eigenvalue weighted by Crippen LogP contribution is -2.40. The highest BCUT2D eigenvalue weighted by Crippen LogP contribution is 2.43. The molecule has 0 unspecified atom stereocenters. The van der Waals surface area contributed by atoms with Crippen molar-refractivity contribution in [3.05, 3.63) is 83.9 Å². The summed E-state index contributed by atoms with van der Waals surface area (Å²) in [6.45, 7) is 0. The molecule has 1 aliphatic rings. The van der Waals surface area contributed by atoms with Crippen molar-refractivity contribution in [3.63, 3.8) is 0 Å². The van der Waals surface area contributed by atoms with Crippen molar-refractivity contribution < 1.29 is 32.3 Å². The Hall–Kier alpha value is -3.75. The van der Waals surface area contributed by atoms with Gasteiger partial charge in [-0.3, -0.25) is 14.6 Å². The van der Waals surface area contributed by atoms with Crippen LogP contribution >= 0.6 is 0 Å². The number of carbonyl (C=O) groups excluding carboxylic acids is 1. The van der Waals surface area contributed by atoms with Gasteiger partial charge in [0.15, 0.2) is 0 Å². The van der Waals surface area contributed by atoms with E-state index in [2.05, 4.69) is 10.3 Å². The average molecular weight is 486 g/mol. The minimum Gasteiger partial charge on any atom is -0.481 e. The molecule has 35 heavy (non-hydrogen) atoms. The lowest BCUT2D eigenvalue weighted by Gasteiger charge is -2.35. The van der Waals surface area contributed by atoms with Gasteiger partial charge in [0, 0.05) is 12.4 Å². The largest absolute Gasteiger partial charge is 0.481 e. The number of halogens is 4. The van der Waals surface area contributed by atoms with E-state index in [0.29, 0.717) is 25.0 Å². The number of anilines is 1. The molecular formula is C26H22F4N2O3. The number of carboxylic acids is 1. The Kier molecular flexibility index (Phi) is 6.86. The number of alkyl halides is 3. The van der Waals surface area contributed by atoms with Crippen LogP contribution in [0.2, 0.25) is 0 Å². The van der Waals surface area contributed by atoms with Gasteiger partial charge in [0.2, 0.25) is 5.91 Å². The third-order valence-corrected chi connectivity index (χ3v) is 6.43. The fraction of sp³-hybridized carbons (Fsp3) is 0.269. The number of hydrogen-bond donors (Lipinski definition) is 2. The molecule has 3 aromatic rings. The van der Waals surface area contributed by atoms with E-state index in [0.717, 1.165) is 22.8 Å². The van der Waals surface area contributed by atoms with E-state index >= 15 is 0 Å². The van der Waals surface area contributed by atoms with E-state index in [4.69, 9.17) is 0 Å². The molecule has 3 atom stereocenters. The average Bonchev–Trinajstić information content (AvgIpc) is 2.84. The van der Waals surface area contributed by atoms with Gasteiger partial charge in [-0.15, -0.1) is 0 Å². The van der Waals surface area contributed by atoms with E-state index in [9.17, 15) is 32.3 Å². The van der Waals surface area contributed by atoms with Crippen molar-refractivity contribution >= 4 is 17.6 Å². The standard InChI is InChI=1S/C26H22F4N2O3/c27-21-14-18(26(28,29)30)8-9-22(21)32-24(33)20-3-1-2-19(23(20)25(34)35)17-6-4-15(5-7-17)16-10-12-31-13-11-16/h4-14,19-20,23H,1-3H2,(H,32,33)(H,34,35)/t19-,20-,23-/m1/s1. The van der Waals surface area contributed by atoms with Crippen LogP contribution in [-0.2, 0) is 15.8 Å². The second kappa shape index (κ2) is 9.85. The van der Waals surface area contributed by atoms with Crippen molar-refractivity contribution in [1.82, 2.24) is 4.98 Å². The minimum atomic E-state index is -4.72. The summed E-state index contributed by atoms with van der Waals surface area (Å²) in [5.74, 6) is -5.59. The summed E-state index contributed by atoms with van der Waals surface area (Å²) in [6, 6.07) is 13.0.